The van der Waals surface area contributed by atoms with Crippen molar-refractivity contribution in [2.45, 2.75) is 45.7 Å². The summed E-state index contributed by atoms with van der Waals surface area (Å²) in [6.45, 7) is 4.09. The number of benzene rings is 1. The summed E-state index contributed by atoms with van der Waals surface area (Å²) in [5.74, 6) is -0.159. The van der Waals surface area contributed by atoms with Gasteiger partial charge in [0, 0.05) is 19.2 Å². The largest absolute Gasteiger partial charge is 0.349 e. The van der Waals surface area contributed by atoms with Crippen LogP contribution in [0, 0.1) is 6.92 Å². The highest BCUT2D eigenvalue weighted by Crippen LogP contribution is 2.28. The molecular formula is C19H24N4O2. The average Bonchev–Trinajstić information content (AvgIpc) is 2.81. The van der Waals surface area contributed by atoms with Crippen LogP contribution in [0.3, 0.4) is 0 Å². The maximum atomic E-state index is 12.7. The van der Waals surface area contributed by atoms with E-state index in [2.05, 4.69) is 10.4 Å². The number of aromatic nitrogens is 2. The summed E-state index contributed by atoms with van der Waals surface area (Å²) in [5, 5.41) is 7.21. The van der Waals surface area contributed by atoms with Crippen molar-refractivity contribution in [1.82, 2.24) is 15.1 Å². The van der Waals surface area contributed by atoms with Crippen molar-refractivity contribution in [2.75, 3.05) is 4.90 Å². The Balaban J connectivity index is 1.76. The minimum absolute atomic E-state index is 0.00368. The molecule has 2 amide bonds. The second-order valence-electron chi connectivity index (χ2n) is 6.54. The highest BCUT2D eigenvalue weighted by molar-refractivity contribution is 6.01. The molecule has 0 fully saturated rings. The maximum Gasteiger partial charge on any atom is 0.243 e. The van der Waals surface area contributed by atoms with E-state index in [0.29, 0.717) is 13.0 Å². The third-order valence-corrected chi connectivity index (χ3v) is 4.67. The van der Waals surface area contributed by atoms with Gasteiger partial charge in [-0.1, -0.05) is 18.2 Å². The third-order valence-electron chi connectivity index (χ3n) is 4.67. The van der Waals surface area contributed by atoms with E-state index in [9.17, 15) is 9.59 Å². The molecule has 1 aliphatic rings. The van der Waals surface area contributed by atoms with Gasteiger partial charge in [0.1, 0.15) is 6.04 Å². The summed E-state index contributed by atoms with van der Waals surface area (Å²) >= 11 is 0. The first-order valence-corrected chi connectivity index (χ1v) is 8.64. The molecule has 1 aromatic heterocycles. The molecule has 2 heterocycles. The number of aryl methyl sites for hydroxylation is 3. The lowest BCUT2D eigenvalue weighted by atomic mass is 10.1. The topological polar surface area (TPSA) is 67.2 Å². The van der Waals surface area contributed by atoms with Gasteiger partial charge >= 0.3 is 0 Å². The van der Waals surface area contributed by atoms with E-state index >= 15 is 0 Å². The summed E-state index contributed by atoms with van der Waals surface area (Å²) in [7, 11) is 1.85. The van der Waals surface area contributed by atoms with Crippen LogP contribution in [0.2, 0.25) is 0 Å². The molecule has 1 unspecified atom stereocenters. The van der Waals surface area contributed by atoms with Gasteiger partial charge < -0.3 is 5.32 Å². The molecule has 1 aliphatic heterocycles. The van der Waals surface area contributed by atoms with E-state index in [1.165, 1.54) is 0 Å². The Bertz CT molecular complexity index is 796. The molecule has 0 bridgehead atoms. The number of rotatable bonds is 4. The van der Waals surface area contributed by atoms with Crippen molar-refractivity contribution in [2.24, 2.45) is 7.05 Å². The van der Waals surface area contributed by atoms with Crippen LogP contribution in [0.5, 0.6) is 0 Å². The van der Waals surface area contributed by atoms with E-state index in [0.717, 1.165) is 35.5 Å². The van der Waals surface area contributed by atoms with E-state index in [1.54, 1.807) is 16.5 Å². The number of nitrogens with zero attached hydrogens (tertiary/aromatic N) is 3. The van der Waals surface area contributed by atoms with Gasteiger partial charge in [-0.2, -0.15) is 5.10 Å². The van der Waals surface area contributed by atoms with Crippen molar-refractivity contribution < 1.29 is 9.59 Å². The van der Waals surface area contributed by atoms with E-state index in [-0.39, 0.29) is 11.8 Å². The fourth-order valence-corrected chi connectivity index (χ4v) is 3.34. The normalized spacial score (nSPS) is 15.5. The van der Waals surface area contributed by atoms with E-state index in [1.807, 2.05) is 44.3 Å². The van der Waals surface area contributed by atoms with Crippen molar-refractivity contribution in [1.29, 1.82) is 0 Å². The van der Waals surface area contributed by atoms with Crippen LogP contribution in [-0.2, 0) is 29.6 Å². The molecular weight excluding hydrogens is 316 g/mol. The summed E-state index contributed by atoms with van der Waals surface area (Å²) in [6.07, 6.45) is 2.14. The van der Waals surface area contributed by atoms with Gasteiger partial charge in [0.2, 0.25) is 11.8 Å². The van der Waals surface area contributed by atoms with Crippen LogP contribution in [0.25, 0.3) is 0 Å². The van der Waals surface area contributed by atoms with Crippen molar-refractivity contribution >= 4 is 17.5 Å². The van der Waals surface area contributed by atoms with E-state index < -0.39 is 6.04 Å². The number of nitrogens with one attached hydrogen (secondary N) is 1. The molecule has 6 heteroatoms. The van der Waals surface area contributed by atoms with Gasteiger partial charge in [0.25, 0.3) is 0 Å². The lowest BCUT2D eigenvalue weighted by Crippen LogP contribution is -2.48. The summed E-state index contributed by atoms with van der Waals surface area (Å²) < 4.78 is 1.76. The lowest BCUT2D eigenvalue weighted by molar-refractivity contribution is -0.126. The molecule has 0 spiro atoms. The zero-order valence-electron chi connectivity index (χ0n) is 15.0. The first-order chi connectivity index (χ1) is 12.0. The monoisotopic (exact) mass is 340 g/mol. The van der Waals surface area contributed by atoms with Gasteiger partial charge in [0.05, 0.1) is 17.9 Å². The van der Waals surface area contributed by atoms with Gasteiger partial charge in [0.15, 0.2) is 0 Å². The molecule has 3 rings (SSSR count). The Morgan fingerprint density at radius 3 is 2.80 bits per heavy atom. The van der Waals surface area contributed by atoms with E-state index in [4.69, 9.17) is 0 Å². The number of hydrogen-bond acceptors (Lipinski definition) is 3. The quantitative estimate of drug-likeness (QED) is 0.927. The number of carbonyl (C=O) groups is 2. The molecule has 2 aromatic rings. The first kappa shape index (κ1) is 17.2. The molecule has 1 aromatic carbocycles. The van der Waals surface area contributed by atoms with Crippen LogP contribution in [0.4, 0.5) is 5.69 Å². The molecule has 132 valence electrons. The Labute approximate surface area is 147 Å². The smallest absolute Gasteiger partial charge is 0.243 e. The molecule has 0 radical (unpaired) electrons. The first-order valence-electron chi connectivity index (χ1n) is 8.64. The molecule has 0 saturated heterocycles. The van der Waals surface area contributed by atoms with Crippen LogP contribution in [0.15, 0.2) is 30.3 Å². The number of para-hydroxylation sites is 1. The Morgan fingerprint density at radius 2 is 2.08 bits per heavy atom. The fourth-order valence-electron chi connectivity index (χ4n) is 3.34. The zero-order chi connectivity index (χ0) is 18.0. The third kappa shape index (κ3) is 3.57. The molecule has 0 aliphatic carbocycles. The molecule has 6 nitrogen and oxygen atoms in total. The Hall–Kier alpha value is -2.63. The van der Waals surface area contributed by atoms with Crippen LogP contribution in [0.1, 0.15) is 36.7 Å². The predicted molar refractivity (Wildman–Crippen MR) is 96.1 cm³/mol. The standard InChI is InChI=1S/C19H24N4O2/c1-13-11-16(22(3)21-13)12-20-19(25)14(2)23-17-9-5-4-7-15(17)8-6-10-18(23)24/h4-5,7,9,11,14H,6,8,10,12H2,1-3H3,(H,20,25). The molecule has 1 atom stereocenters. The molecule has 25 heavy (non-hydrogen) atoms. The minimum Gasteiger partial charge on any atom is -0.349 e. The Kier molecular flexibility index (Phi) is 4.88. The highest BCUT2D eigenvalue weighted by Gasteiger charge is 2.30. The fraction of sp³-hybridized carbons (Fsp3) is 0.421. The van der Waals surface area contributed by atoms with Crippen LogP contribution >= 0.6 is 0 Å². The number of carbonyl (C=O) groups excluding carboxylic acids is 2. The van der Waals surface area contributed by atoms with Crippen LogP contribution < -0.4 is 10.2 Å². The van der Waals surface area contributed by atoms with Gasteiger partial charge in [-0.25, -0.2) is 0 Å². The van der Waals surface area contributed by atoms with Gasteiger partial charge in [-0.15, -0.1) is 0 Å². The number of amides is 2. The SMILES string of the molecule is Cc1cc(CNC(=O)C(C)N2C(=O)CCCc3ccccc32)n(C)n1. The van der Waals surface area contributed by atoms with Gasteiger partial charge in [-0.05, 0) is 44.4 Å². The summed E-state index contributed by atoms with van der Waals surface area (Å²) in [5.41, 5.74) is 3.82. The predicted octanol–water partition coefficient (Wildman–Crippen LogP) is 2.10. The van der Waals surface area contributed by atoms with Gasteiger partial charge in [-0.3, -0.25) is 19.2 Å². The number of anilines is 1. The Morgan fingerprint density at radius 1 is 1.32 bits per heavy atom. The average molecular weight is 340 g/mol. The van der Waals surface area contributed by atoms with Crippen LogP contribution in [-0.4, -0.2) is 27.6 Å². The van der Waals surface area contributed by atoms with Crippen molar-refractivity contribution in [3.05, 3.63) is 47.3 Å². The summed E-state index contributed by atoms with van der Waals surface area (Å²) in [6, 6.07) is 9.23. The van der Waals surface area contributed by atoms with Crippen molar-refractivity contribution in [3.63, 3.8) is 0 Å². The maximum absolute atomic E-state index is 12.7. The highest BCUT2D eigenvalue weighted by atomic mass is 16.2. The lowest BCUT2D eigenvalue weighted by Gasteiger charge is -2.28. The number of hydrogen-bond donors (Lipinski definition) is 1. The zero-order valence-corrected chi connectivity index (χ0v) is 15.0. The minimum atomic E-state index is -0.555. The molecule has 1 N–H and O–H groups in total. The second-order valence-corrected chi connectivity index (χ2v) is 6.54. The second kappa shape index (κ2) is 7.09. The number of fused-ring (bicyclic) bond motifs is 1. The summed E-state index contributed by atoms with van der Waals surface area (Å²) in [4.78, 5) is 26.9. The van der Waals surface area contributed by atoms with Crippen molar-refractivity contribution in [3.8, 4) is 0 Å². The molecule has 0 saturated carbocycles.